The second-order valence-electron chi connectivity index (χ2n) is 5.21. The number of hydrogen-bond acceptors (Lipinski definition) is 4. The van der Waals surface area contributed by atoms with Crippen molar-refractivity contribution >= 4 is 17.9 Å². The molecule has 2 rings (SSSR count). The van der Waals surface area contributed by atoms with Crippen LogP contribution < -0.4 is 5.73 Å². The SMILES string of the molecule is NC1(C(=O)O)CCCCC1.O=C(O)c1cccc(C(=O)O)c1. The molecule has 0 amide bonds. The Balaban J connectivity index is 0.000000224. The number of nitrogens with two attached hydrogens (primary N) is 1. The van der Waals surface area contributed by atoms with E-state index in [1.165, 1.54) is 18.2 Å². The Morgan fingerprint density at radius 1 is 0.909 bits per heavy atom. The molecule has 1 aliphatic rings. The predicted octanol–water partition coefficient (Wildman–Crippen LogP) is 1.82. The maximum atomic E-state index is 10.6. The van der Waals surface area contributed by atoms with E-state index in [2.05, 4.69) is 0 Å². The third-order valence-corrected chi connectivity index (χ3v) is 3.53. The molecule has 0 bridgehead atoms. The van der Waals surface area contributed by atoms with Crippen LogP contribution in [0.1, 0.15) is 52.8 Å². The van der Waals surface area contributed by atoms with Crippen LogP contribution in [0.4, 0.5) is 0 Å². The van der Waals surface area contributed by atoms with Gasteiger partial charge in [-0.25, -0.2) is 9.59 Å². The number of benzene rings is 1. The Labute approximate surface area is 127 Å². The first kappa shape index (κ1) is 17.6. The van der Waals surface area contributed by atoms with Crippen molar-refractivity contribution < 1.29 is 29.7 Å². The highest BCUT2D eigenvalue weighted by molar-refractivity contribution is 5.93. The maximum absolute atomic E-state index is 10.6. The third kappa shape index (κ3) is 4.85. The van der Waals surface area contributed by atoms with Gasteiger partial charge in [-0.2, -0.15) is 0 Å². The zero-order chi connectivity index (χ0) is 16.8. The Morgan fingerprint density at radius 3 is 1.68 bits per heavy atom. The summed E-state index contributed by atoms with van der Waals surface area (Å²) >= 11 is 0. The van der Waals surface area contributed by atoms with Gasteiger partial charge in [-0.3, -0.25) is 4.79 Å². The predicted molar refractivity (Wildman–Crippen MR) is 78.0 cm³/mol. The minimum atomic E-state index is -1.13. The molecule has 7 heteroatoms. The van der Waals surface area contributed by atoms with Gasteiger partial charge in [0, 0.05) is 0 Å². The van der Waals surface area contributed by atoms with Gasteiger partial charge in [-0.05, 0) is 31.0 Å². The number of carboxylic acids is 3. The van der Waals surface area contributed by atoms with Gasteiger partial charge in [0.05, 0.1) is 11.1 Å². The lowest BCUT2D eigenvalue weighted by atomic mass is 9.83. The monoisotopic (exact) mass is 309 g/mol. The Hall–Kier alpha value is -2.41. The number of carbonyl (C=O) groups is 3. The second kappa shape index (κ2) is 7.56. The fourth-order valence-electron chi connectivity index (χ4n) is 2.18. The van der Waals surface area contributed by atoms with Gasteiger partial charge in [-0.1, -0.05) is 25.3 Å². The lowest BCUT2D eigenvalue weighted by Crippen LogP contribution is -2.49. The summed E-state index contributed by atoms with van der Waals surface area (Å²) in [6.45, 7) is 0. The maximum Gasteiger partial charge on any atom is 0.335 e. The third-order valence-electron chi connectivity index (χ3n) is 3.53. The van der Waals surface area contributed by atoms with Crippen LogP contribution >= 0.6 is 0 Å². The van der Waals surface area contributed by atoms with E-state index in [1.807, 2.05) is 0 Å². The molecule has 1 aromatic carbocycles. The number of carboxylic acid groups (broad SMARTS) is 3. The van der Waals surface area contributed by atoms with Crippen molar-refractivity contribution in [2.24, 2.45) is 5.73 Å². The molecule has 0 spiro atoms. The van der Waals surface area contributed by atoms with Gasteiger partial charge in [0.25, 0.3) is 0 Å². The molecule has 0 heterocycles. The van der Waals surface area contributed by atoms with Crippen molar-refractivity contribution in [1.82, 2.24) is 0 Å². The molecule has 7 nitrogen and oxygen atoms in total. The second-order valence-corrected chi connectivity index (χ2v) is 5.21. The summed E-state index contributed by atoms with van der Waals surface area (Å²) in [6.07, 6.45) is 4.34. The van der Waals surface area contributed by atoms with Gasteiger partial charge in [-0.15, -0.1) is 0 Å². The number of hydrogen-bond donors (Lipinski definition) is 4. The van der Waals surface area contributed by atoms with E-state index >= 15 is 0 Å². The number of aliphatic carboxylic acids is 1. The number of rotatable bonds is 3. The van der Waals surface area contributed by atoms with Crippen molar-refractivity contribution in [2.45, 2.75) is 37.6 Å². The summed E-state index contributed by atoms with van der Waals surface area (Å²) in [5, 5.41) is 25.7. The standard InChI is InChI=1S/C8H6O4.C7H13NO2/c9-7(10)5-2-1-3-6(4-5)8(11)12;8-7(6(9)10)4-2-1-3-5-7/h1-4H,(H,9,10)(H,11,12);1-5,8H2,(H,9,10). The van der Waals surface area contributed by atoms with E-state index in [1.54, 1.807) is 0 Å². The Morgan fingerprint density at radius 2 is 1.36 bits per heavy atom. The average molecular weight is 309 g/mol. The van der Waals surface area contributed by atoms with Gasteiger partial charge in [0.2, 0.25) is 0 Å². The molecule has 22 heavy (non-hydrogen) atoms. The van der Waals surface area contributed by atoms with E-state index in [-0.39, 0.29) is 11.1 Å². The fraction of sp³-hybridized carbons (Fsp3) is 0.400. The Kier molecular flexibility index (Phi) is 6.06. The lowest BCUT2D eigenvalue weighted by Gasteiger charge is -2.28. The molecular formula is C15H19NO6. The normalized spacial score (nSPS) is 16.0. The van der Waals surface area contributed by atoms with Crippen LogP contribution in [0.25, 0.3) is 0 Å². The molecule has 120 valence electrons. The smallest absolute Gasteiger partial charge is 0.335 e. The highest BCUT2D eigenvalue weighted by Crippen LogP contribution is 2.25. The van der Waals surface area contributed by atoms with Gasteiger partial charge >= 0.3 is 17.9 Å². The molecule has 1 aliphatic carbocycles. The van der Waals surface area contributed by atoms with E-state index in [4.69, 9.17) is 21.1 Å². The summed E-state index contributed by atoms with van der Waals surface area (Å²) in [4.78, 5) is 31.3. The van der Waals surface area contributed by atoms with Crippen molar-refractivity contribution in [2.75, 3.05) is 0 Å². The zero-order valence-electron chi connectivity index (χ0n) is 12.0. The average Bonchev–Trinajstić information content (AvgIpc) is 2.48. The molecule has 0 atom stereocenters. The summed E-state index contributed by atoms with van der Waals surface area (Å²) < 4.78 is 0. The van der Waals surface area contributed by atoms with Crippen LogP contribution in [-0.2, 0) is 4.79 Å². The van der Waals surface area contributed by atoms with Crippen LogP contribution in [0.3, 0.4) is 0 Å². The quantitative estimate of drug-likeness (QED) is 0.668. The molecule has 0 radical (unpaired) electrons. The molecule has 1 aromatic rings. The van der Waals surface area contributed by atoms with E-state index in [9.17, 15) is 14.4 Å². The molecule has 0 aliphatic heterocycles. The molecule has 0 aromatic heterocycles. The molecule has 1 saturated carbocycles. The van der Waals surface area contributed by atoms with Gasteiger partial charge in [0.15, 0.2) is 0 Å². The molecule has 1 fully saturated rings. The molecule has 0 unspecified atom stereocenters. The first-order chi connectivity index (χ1) is 10.3. The van der Waals surface area contributed by atoms with Crippen LogP contribution in [0.2, 0.25) is 0 Å². The highest BCUT2D eigenvalue weighted by atomic mass is 16.4. The molecule has 0 saturated heterocycles. The fourth-order valence-corrected chi connectivity index (χ4v) is 2.18. The minimum absolute atomic E-state index is 0.0186. The van der Waals surface area contributed by atoms with E-state index < -0.39 is 23.4 Å². The lowest BCUT2D eigenvalue weighted by molar-refractivity contribution is -0.144. The van der Waals surface area contributed by atoms with Crippen molar-refractivity contribution in [3.63, 3.8) is 0 Å². The summed E-state index contributed by atoms with van der Waals surface area (Å²) in [5.74, 6) is -3.09. The topological polar surface area (TPSA) is 138 Å². The first-order valence-corrected chi connectivity index (χ1v) is 6.85. The van der Waals surface area contributed by atoms with Gasteiger partial charge in [0.1, 0.15) is 5.54 Å². The largest absolute Gasteiger partial charge is 0.480 e. The van der Waals surface area contributed by atoms with Crippen molar-refractivity contribution in [3.8, 4) is 0 Å². The van der Waals surface area contributed by atoms with Crippen molar-refractivity contribution in [3.05, 3.63) is 35.4 Å². The van der Waals surface area contributed by atoms with Crippen LogP contribution in [-0.4, -0.2) is 38.8 Å². The summed E-state index contributed by atoms with van der Waals surface area (Å²) in [5.41, 5.74) is 4.66. The minimum Gasteiger partial charge on any atom is -0.480 e. The van der Waals surface area contributed by atoms with Crippen LogP contribution in [0.5, 0.6) is 0 Å². The van der Waals surface area contributed by atoms with Crippen LogP contribution in [0.15, 0.2) is 24.3 Å². The van der Waals surface area contributed by atoms with E-state index in [0.717, 1.165) is 25.3 Å². The highest BCUT2D eigenvalue weighted by Gasteiger charge is 2.34. The number of aromatic carboxylic acids is 2. The molecular weight excluding hydrogens is 290 g/mol. The zero-order valence-corrected chi connectivity index (χ0v) is 12.0. The summed E-state index contributed by atoms with van der Waals surface area (Å²) in [6, 6.07) is 5.20. The van der Waals surface area contributed by atoms with Crippen LogP contribution in [0, 0.1) is 0 Å². The van der Waals surface area contributed by atoms with E-state index in [0.29, 0.717) is 12.8 Å². The summed E-state index contributed by atoms with van der Waals surface area (Å²) in [7, 11) is 0. The first-order valence-electron chi connectivity index (χ1n) is 6.85. The molecule has 5 N–H and O–H groups in total. The Bertz CT molecular complexity index is 534. The van der Waals surface area contributed by atoms with Gasteiger partial charge < -0.3 is 21.1 Å². The van der Waals surface area contributed by atoms with Crippen molar-refractivity contribution in [1.29, 1.82) is 0 Å².